The van der Waals surface area contributed by atoms with E-state index >= 15 is 0 Å². The Kier molecular flexibility index (Phi) is 2.20. The smallest absolute Gasteiger partial charge is 0.294 e. The first kappa shape index (κ1) is 10.9. The summed E-state index contributed by atoms with van der Waals surface area (Å²) in [5, 5.41) is 13.2. The molecule has 5 heteroatoms. The highest BCUT2D eigenvalue weighted by Crippen LogP contribution is 2.26. The molecule has 0 saturated carbocycles. The first-order valence-electron chi connectivity index (χ1n) is 6.15. The second kappa shape index (κ2) is 4.03. The summed E-state index contributed by atoms with van der Waals surface area (Å²) < 4.78 is 4.89. The summed E-state index contributed by atoms with van der Waals surface area (Å²) in [6, 6.07) is 14.1. The summed E-state index contributed by atoms with van der Waals surface area (Å²) in [4.78, 5) is 11.6. The summed E-state index contributed by atoms with van der Waals surface area (Å²) in [6.45, 7) is 0. The molecule has 0 aliphatic carbocycles. The van der Waals surface area contributed by atoms with Crippen LogP contribution in [0.25, 0.3) is 32.9 Å². The second-order valence-corrected chi connectivity index (χ2v) is 4.54. The van der Waals surface area contributed by atoms with Gasteiger partial charge in [0.25, 0.3) is 5.56 Å². The zero-order valence-corrected chi connectivity index (χ0v) is 10.3. The average molecular weight is 263 g/mol. The predicted octanol–water partition coefficient (Wildman–Crippen LogP) is 2.73. The Morgan fingerprint density at radius 3 is 2.80 bits per heavy atom. The van der Waals surface area contributed by atoms with Gasteiger partial charge >= 0.3 is 0 Å². The van der Waals surface area contributed by atoms with E-state index in [-0.39, 0.29) is 11.1 Å². The Morgan fingerprint density at radius 2 is 1.90 bits per heavy atom. The Bertz CT molecular complexity index is 985. The summed E-state index contributed by atoms with van der Waals surface area (Å²) in [5.41, 5.74) is 1.49. The minimum Gasteiger partial charge on any atom is -0.363 e. The number of fused-ring (bicyclic) bond motifs is 2. The van der Waals surface area contributed by atoms with Gasteiger partial charge in [0.1, 0.15) is 12.0 Å². The predicted molar refractivity (Wildman–Crippen MR) is 75.4 cm³/mol. The molecular formula is C15H9N3O2. The van der Waals surface area contributed by atoms with Gasteiger partial charge in [0.2, 0.25) is 0 Å². The van der Waals surface area contributed by atoms with Crippen molar-refractivity contribution in [3.63, 3.8) is 0 Å². The van der Waals surface area contributed by atoms with Crippen molar-refractivity contribution in [3.05, 3.63) is 59.1 Å². The lowest BCUT2D eigenvalue weighted by molar-refractivity contribution is 0.428. The van der Waals surface area contributed by atoms with E-state index < -0.39 is 0 Å². The quantitative estimate of drug-likeness (QED) is 0.573. The maximum absolute atomic E-state index is 11.6. The molecule has 0 radical (unpaired) electrons. The standard InChI is InChI=1S/C15H9N3O2/c19-15-14-12(8-20-18-14)13(16-17-15)11-6-5-9-3-1-2-4-10(9)7-11/h1-8H,(H,17,19). The number of aromatic amines is 1. The van der Waals surface area contributed by atoms with Gasteiger partial charge in [-0.15, -0.1) is 0 Å². The van der Waals surface area contributed by atoms with Crippen molar-refractivity contribution in [2.45, 2.75) is 0 Å². The van der Waals surface area contributed by atoms with Crippen LogP contribution in [0.4, 0.5) is 0 Å². The third-order valence-corrected chi connectivity index (χ3v) is 3.33. The number of H-pyrrole nitrogens is 1. The van der Waals surface area contributed by atoms with Gasteiger partial charge in [-0.1, -0.05) is 41.6 Å². The van der Waals surface area contributed by atoms with Crippen LogP contribution in [0.5, 0.6) is 0 Å². The zero-order chi connectivity index (χ0) is 13.5. The normalized spacial score (nSPS) is 11.2. The van der Waals surface area contributed by atoms with Crippen molar-refractivity contribution in [2.24, 2.45) is 0 Å². The second-order valence-electron chi connectivity index (χ2n) is 4.54. The van der Waals surface area contributed by atoms with E-state index in [4.69, 9.17) is 4.52 Å². The first-order valence-corrected chi connectivity index (χ1v) is 6.15. The van der Waals surface area contributed by atoms with Crippen LogP contribution in [-0.2, 0) is 0 Å². The van der Waals surface area contributed by atoms with E-state index in [1.54, 1.807) is 0 Å². The number of nitrogens with zero attached hydrogens (tertiary/aromatic N) is 2. The molecule has 0 atom stereocenters. The molecule has 1 N–H and O–H groups in total. The minimum atomic E-state index is -0.349. The molecule has 0 fully saturated rings. The number of nitrogens with one attached hydrogen (secondary N) is 1. The van der Waals surface area contributed by atoms with Crippen LogP contribution in [0.3, 0.4) is 0 Å². The molecule has 0 amide bonds. The number of benzene rings is 2. The monoisotopic (exact) mass is 263 g/mol. The van der Waals surface area contributed by atoms with Gasteiger partial charge in [0, 0.05) is 5.56 Å². The van der Waals surface area contributed by atoms with Crippen molar-refractivity contribution >= 4 is 21.7 Å². The van der Waals surface area contributed by atoms with Gasteiger partial charge in [-0.05, 0) is 16.8 Å². The van der Waals surface area contributed by atoms with E-state index in [2.05, 4.69) is 21.4 Å². The number of rotatable bonds is 1. The average Bonchev–Trinajstić information content (AvgIpc) is 2.98. The molecule has 2 aromatic heterocycles. The maximum atomic E-state index is 11.6. The topological polar surface area (TPSA) is 71.8 Å². The van der Waals surface area contributed by atoms with Gasteiger partial charge in [-0.2, -0.15) is 5.10 Å². The summed E-state index contributed by atoms with van der Waals surface area (Å²) in [6.07, 6.45) is 1.45. The number of hydrogen-bond donors (Lipinski definition) is 1. The van der Waals surface area contributed by atoms with Gasteiger partial charge in [0.05, 0.1) is 5.39 Å². The fourth-order valence-corrected chi connectivity index (χ4v) is 2.35. The van der Waals surface area contributed by atoms with Crippen molar-refractivity contribution < 1.29 is 4.52 Å². The SMILES string of the molecule is O=c1[nH]nc(-c2ccc3ccccc3c2)c2conc12. The first-order chi connectivity index (χ1) is 9.83. The van der Waals surface area contributed by atoms with Crippen LogP contribution in [0.2, 0.25) is 0 Å². The third kappa shape index (κ3) is 1.53. The summed E-state index contributed by atoms with van der Waals surface area (Å²) in [5.74, 6) is 0. The Balaban J connectivity index is 2.03. The van der Waals surface area contributed by atoms with E-state index in [0.29, 0.717) is 11.1 Å². The lowest BCUT2D eigenvalue weighted by Crippen LogP contribution is -2.09. The lowest BCUT2D eigenvalue weighted by atomic mass is 10.0. The van der Waals surface area contributed by atoms with E-state index in [1.807, 2.05) is 36.4 Å². The molecule has 0 aliphatic heterocycles. The Hall–Kier alpha value is -2.95. The number of hydrogen-bond acceptors (Lipinski definition) is 4. The van der Waals surface area contributed by atoms with Gasteiger partial charge in [-0.3, -0.25) is 4.79 Å². The van der Waals surface area contributed by atoms with Crippen molar-refractivity contribution in [1.82, 2.24) is 15.4 Å². The highest BCUT2D eigenvalue weighted by molar-refractivity contribution is 5.94. The lowest BCUT2D eigenvalue weighted by Gasteiger charge is -2.03. The molecule has 2 heterocycles. The molecule has 20 heavy (non-hydrogen) atoms. The van der Waals surface area contributed by atoms with Crippen LogP contribution >= 0.6 is 0 Å². The van der Waals surface area contributed by atoms with Crippen LogP contribution in [-0.4, -0.2) is 15.4 Å². The Labute approximate surface area is 112 Å². The van der Waals surface area contributed by atoms with Crippen molar-refractivity contribution in [3.8, 4) is 11.3 Å². The fraction of sp³-hybridized carbons (Fsp3) is 0. The molecule has 0 aliphatic rings. The largest absolute Gasteiger partial charge is 0.363 e. The highest BCUT2D eigenvalue weighted by atomic mass is 16.5. The van der Waals surface area contributed by atoms with Gasteiger partial charge in [0.15, 0.2) is 5.52 Å². The van der Waals surface area contributed by atoms with Gasteiger partial charge < -0.3 is 4.52 Å². The maximum Gasteiger partial charge on any atom is 0.294 e. The zero-order valence-electron chi connectivity index (χ0n) is 10.3. The molecule has 4 rings (SSSR count). The Morgan fingerprint density at radius 1 is 1.05 bits per heavy atom. The van der Waals surface area contributed by atoms with Crippen LogP contribution in [0, 0.1) is 0 Å². The van der Waals surface area contributed by atoms with E-state index in [1.165, 1.54) is 6.26 Å². The van der Waals surface area contributed by atoms with Gasteiger partial charge in [-0.25, -0.2) is 5.10 Å². The molecule has 4 aromatic rings. The summed E-state index contributed by atoms with van der Waals surface area (Å²) >= 11 is 0. The van der Waals surface area contributed by atoms with E-state index in [0.717, 1.165) is 16.3 Å². The number of aromatic nitrogens is 3. The molecule has 2 aromatic carbocycles. The van der Waals surface area contributed by atoms with E-state index in [9.17, 15) is 4.79 Å². The molecule has 0 saturated heterocycles. The fourth-order valence-electron chi connectivity index (χ4n) is 2.35. The molecule has 0 bridgehead atoms. The highest BCUT2D eigenvalue weighted by Gasteiger charge is 2.12. The van der Waals surface area contributed by atoms with Crippen LogP contribution < -0.4 is 5.56 Å². The molecule has 0 spiro atoms. The van der Waals surface area contributed by atoms with Crippen LogP contribution in [0.15, 0.2) is 58.0 Å². The molecule has 96 valence electrons. The third-order valence-electron chi connectivity index (χ3n) is 3.33. The van der Waals surface area contributed by atoms with Crippen LogP contribution in [0.1, 0.15) is 0 Å². The molecule has 0 unspecified atom stereocenters. The van der Waals surface area contributed by atoms with Crippen molar-refractivity contribution in [1.29, 1.82) is 0 Å². The summed E-state index contributed by atoms with van der Waals surface area (Å²) in [7, 11) is 0. The minimum absolute atomic E-state index is 0.267. The van der Waals surface area contributed by atoms with Crippen molar-refractivity contribution in [2.75, 3.05) is 0 Å². The molecular weight excluding hydrogens is 254 g/mol. The molecule has 5 nitrogen and oxygen atoms in total.